The molecule has 8 nitrogen and oxygen atoms in total. The molecule has 1 heterocycles. The molecule has 0 saturated heterocycles. The standard InChI is InChI=1S/C42H40Cl2FN3O5/c1-26-32(6-5-7-34(26)36-17-33(45)16-35(40(36)44)30-10-8-27(9-11-30)22-48(3)4)24-53-39-18-38(52-23-29-14-28(19-46)20-47-21-29)31(15-37(39)43)12-13-42(2,25-49)41(50)51/h5-11,14-18,20-21,49H,12-13,22-25H2,1-4H3,(H,50,51)/t42-/m0/s1. The van der Waals surface area contributed by atoms with E-state index < -0.39 is 23.8 Å². The van der Waals surface area contributed by atoms with Gasteiger partial charge >= 0.3 is 5.97 Å². The molecule has 1 aromatic heterocycles. The maximum absolute atomic E-state index is 15.2. The van der Waals surface area contributed by atoms with Crippen LogP contribution in [0.5, 0.6) is 11.5 Å². The number of hydrogen-bond donors (Lipinski definition) is 2. The van der Waals surface area contributed by atoms with Crippen LogP contribution in [-0.2, 0) is 31.0 Å². The lowest BCUT2D eigenvalue weighted by molar-refractivity contribution is -0.150. The number of halogens is 3. The number of aliphatic hydroxyl groups is 1. The third-order valence-corrected chi connectivity index (χ3v) is 9.87. The number of hydrogen-bond acceptors (Lipinski definition) is 7. The number of ether oxygens (including phenoxy) is 2. The van der Waals surface area contributed by atoms with Gasteiger partial charge in [-0.05, 0) is 98.4 Å². The number of carbonyl (C=O) groups is 1. The van der Waals surface area contributed by atoms with Crippen molar-refractivity contribution in [1.29, 1.82) is 5.26 Å². The highest BCUT2D eigenvalue weighted by atomic mass is 35.5. The van der Waals surface area contributed by atoms with Crippen LogP contribution in [0.25, 0.3) is 22.3 Å². The molecule has 0 spiro atoms. The highest BCUT2D eigenvalue weighted by Crippen LogP contribution is 2.40. The summed E-state index contributed by atoms with van der Waals surface area (Å²) in [5, 5.41) is 29.5. The fourth-order valence-corrected chi connectivity index (χ4v) is 6.47. The molecule has 0 aliphatic carbocycles. The quantitative estimate of drug-likeness (QED) is 0.109. The Kier molecular flexibility index (Phi) is 12.8. The van der Waals surface area contributed by atoms with Crippen molar-refractivity contribution >= 4 is 29.2 Å². The summed E-state index contributed by atoms with van der Waals surface area (Å²) in [6.45, 7) is 3.84. The molecular formula is C42H40Cl2FN3O5. The minimum atomic E-state index is -1.37. The van der Waals surface area contributed by atoms with Gasteiger partial charge < -0.3 is 24.6 Å². The first-order chi connectivity index (χ1) is 25.3. The summed E-state index contributed by atoms with van der Waals surface area (Å²) in [4.78, 5) is 18.0. The van der Waals surface area contributed by atoms with Crippen LogP contribution < -0.4 is 9.47 Å². The summed E-state index contributed by atoms with van der Waals surface area (Å²) >= 11 is 13.7. The SMILES string of the molecule is Cc1c(COc2cc(OCc3cncc(C#N)c3)c(CC[C@@](C)(CO)C(=O)O)cc2Cl)cccc1-c1cc(F)cc(-c2ccc(CN(C)C)cc2)c1Cl. The van der Waals surface area contributed by atoms with E-state index in [1.54, 1.807) is 24.4 Å². The van der Waals surface area contributed by atoms with E-state index in [0.717, 1.165) is 34.4 Å². The Labute approximate surface area is 319 Å². The van der Waals surface area contributed by atoms with Gasteiger partial charge in [-0.2, -0.15) is 5.26 Å². The maximum Gasteiger partial charge on any atom is 0.311 e. The summed E-state index contributed by atoms with van der Waals surface area (Å²) < 4.78 is 27.6. The van der Waals surface area contributed by atoms with Gasteiger partial charge in [0.25, 0.3) is 0 Å². The highest BCUT2D eigenvalue weighted by molar-refractivity contribution is 6.36. The molecule has 53 heavy (non-hydrogen) atoms. The molecule has 11 heteroatoms. The van der Waals surface area contributed by atoms with E-state index in [0.29, 0.717) is 44.3 Å². The molecule has 0 saturated carbocycles. The Morgan fingerprint density at radius 2 is 1.64 bits per heavy atom. The molecule has 274 valence electrons. The van der Waals surface area contributed by atoms with E-state index in [2.05, 4.69) is 16.0 Å². The fourth-order valence-electron chi connectivity index (χ4n) is 5.91. The molecular weight excluding hydrogens is 716 g/mol. The second kappa shape index (κ2) is 17.2. The second-order valence-electron chi connectivity index (χ2n) is 13.5. The van der Waals surface area contributed by atoms with Crippen LogP contribution in [0.4, 0.5) is 4.39 Å². The molecule has 0 amide bonds. The number of aromatic nitrogens is 1. The Morgan fingerprint density at radius 1 is 0.925 bits per heavy atom. The van der Waals surface area contributed by atoms with Crippen LogP contribution in [-0.4, -0.2) is 46.8 Å². The normalized spacial score (nSPS) is 12.3. The predicted octanol–water partition coefficient (Wildman–Crippen LogP) is 9.28. The van der Waals surface area contributed by atoms with Crippen molar-refractivity contribution < 1.29 is 28.9 Å². The number of nitrogens with zero attached hydrogens (tertiary/aromatic N) is 3. The van der Waals surface area contributed by atoms with Crippen molar-refractivity contribution in [1.82, 2.24) is 9.88 Å². The predicted molar refractivity (Wildman–Crippen MR) is 205 cm³/mol. The second-order valence-corrected chi connectivity index (χ2v) is 14.3. The summed E-state index contributed by atoms with van der Waals surface area (Å²) in [6, 6.07) is 23.5. The molecule has 0 bridgehead atoms. The molecule has 4 aromatic carbocycles. The van der Waals surface area contributed by atoms with E-state index >= 15 is 4.39 Å². The number of rotatable bonds is 15. The molecule has 5 rings (SSSR count). The molecule has 2 N–H and O–H groups in total. The van der Waals surface area contributed by atoms with Crippen molar-refractivity contribution in [3.8, 4) is 39.8 Å². The number of pyridine rings is 1. The smallest absolute Gasteiger partial charge is 0.311 e. The first-order valence-electron chi connectivity index (χ1n) is 16.9. The third kappa shape index (κ3) is 9.53. The number of aliphatic hydroxyl groups excluding tert-OH is 1. The van der Waals surface area contributed by atoms with Gasteiger partial charge in [0.05, 0.1) is 27.6 Å². The lowest BCUT2D eigenvalue weighted by atomic mass is 9.85. The van der Waals surface area contributed by atoms with Gasteiger partial charge in [0.1, 0.15) is 36.6 Å². The van der Waals surface area contributed by atoms with Gasteiger partial charge in [-0.15, -0.1) is 0 Å². The Morgan fingerprint density at radius 3 is 2.32 bits per heavy atom. The van der Waals surface area contributed by atoms with Crippen LogP contribution >= 0.6 is 23.2 Å². The first kappa shape index (κ1) is 39.2. The monoisotopic (exact) mass is 755 g/mol. The Hall–Kier alpha value is -4.98. The van der Waals surface area contributed by atoms with E-state index in [1.165, 1.54) is 25.3 Å². The van der Waals surface area contributed by atoms with Gasteiger partial charge in [-0.25, -0.2) is 4.39 Å². The molecule has 1 atom stereocenters. The summed E-state index contributed by atoms with van der Waals surface area (Å²) in [7, 11) is 4.00. The molecule has 0 unspecified atom stereocenters. The van der Waals surface area contributed by atoms with Crippen LogP contribution in [0, 0.1) is 29.5 Å². The lowest BCUT2D eigenvalue weighted by Crippen LogP contribution is -2.32. The maximum atomic E-state index is 15.2. The average Bonchev–Trinajstić information content (AvgIpc) is 3.14. The molecule has 0 radical (unpaired) electrons. The zero-order valence-electron chi connectivity index (χ0n) is 29.9. The number of benzene rings is 4. The molecule has 5 aromatic rings. The zero-order valence-corrected chi connectivity index (χ0v) is 31.4. The van der Waals surface area contributed by atoms with Gasteiger partial charge in [-0.1, -0.05) is 65.7 Å². The van der Waals surface area contributed by atoms with Crippen LogP contribution in [0.2, 0.25) is 10.0 Å². The number of aryl methyl sites for hydroxylation is 1. The Balaban J connectivity index is 1.42. The largest absolute Gasteiger partial charge is 0.488 e. The van der Waals surface area contributed by atoms with Gasteiger partial charge in [-0.3, -0.25) is 9.78 Å². The molecule has 0 aliphatic rings. The average molecular weight is 757 g/mol. The lowest BCUT2D eigenvalue weighted by Gasteiger charge is -2.23. The van der Waals surface area contributed by atoms with Crippen molar-refractivity contribution in [3.05, 3.63) is 134 Å². The summed E-state index contributed by atoms with van der Waals surface area (Å²) in [6.07, 6.45) is 3.41. The minimum Gasteiger partial charge on any atom is -0.488 e. The van der Waals surface area contributed by atoms with E-state index in [1.807, 2.05) is 63.5 Å². The van der Waals surface area contributed by atoms with Crippen LogP contribution in [0.3, 0.4) is 0 Å². The van der Waals surface area contributed by atoms with Crippen LogP contribution in [0.15, 0.2) is 85.2 Å². The van der Waals surface area contributed by atoms with Crippen molar-refractivity contribution in [2.75, 3.05) is 20.7 Å². The fraction of sp³-hybridized carbons (Fsp3) is 0.262. The van der Waals surface area contributed by atoms with E-state index in [4.69, 9.17) is 32.7 Å². The summed E-state index contributed by atoms with van der Waals surface area (Å²) in [5.74, 6) is -0.798. The van der Waals surface area contributed by atoms with Gasteiger partial charge in [0, 0.05) is 41.7 Å². The zero-order chi connectivity index (χ0) is 38.3. The minimum absolute atomic E-state index is 0.0740. The van der Waals surface area contributed by atoms with Crippen molar-refractivity contribution in [2.24, 2.45) is 5.41 Å². The van der Waals surface area contributed by atoms with E-state index in [9.17, 15) is 20.3 Å². The topological polar surface area (TPSA) is 116 Å². The Bertz CT molecular complexity index is 2150. The third-order valence-electron chi connectivity index (χ3n) is 9.17. The molecule has 0 aliphatic heterocycles. The number of nitriles is 1. The van der Waals surface area contributed by atoms with E-state index in [-0.39, 0.29) is 31.1 Å². The van der Waals surface area contributed by atoms with Gasteiger partial charge in [0.2, 0.25) is 0 Å². The first-order valence-corrected chi connectivity index (χ1v) is 17.7. The highest BCUT2D eigenvalue weighted by Gasteiger charge is 2.32. The van der Waals surface area contributed by atoms with Gasteiger partial charge in [0.15, 0.2) is 0 Å². The number of aliphatic carboxylic acids is 1. The summed E-state index contributed by atoms with van der Waals surface area (Å²) in [5.41, 5.74) is 5.81. The van der Waals surface area contributed by atoms with Crippen LogP contribution in [0.1, 0.15) is 46.7 Å². The number of carboxylic acid groups (broad SMARTS) is 1. The number of carboxylic acids is 1. The van der Waals surface area contributed by atoms with Crippen molar-refractivity contribution in [2.45, 2.75) is 46.4 Å². The van der Waals surface area contributed by atoms with Crippen molar-refractivity contribution in [3.63, 3.8) is 0 Å². The molecule has 0 fully saturated rings.